The maximum absolute atomic E-state index is 12.0. The molecule has 0 atom stereocenters. The summed E-state index contributed by atoms with van der Waals surface area (Å²) in [6, 6.07) is 15.9. The molecule has 0 fully saturated rings. The molecule has 2 N–H and O–H groups in total. The third kappa shape index (κ3) is 3.42. The van der Waals surface area contributed by atoms with E-state index in [1.807, 2.05) is 48.5 Å². The van der Waals surface area contributed by atoms with Gasteiger partial charge >= 0.3 is 0 Å². The number of fused-ring (bicyclic) bond motifs is 2. The molecule has 23 heavy (non-hydrogen) atoms. The van der Waals surface area contributed by atoms with Gasteiger partial charge in [0.25, 0.3) is 0 Å². The van der Waals surface area contributed by atoms with Crippen molar-refractivity contribution >= 4 is 33.4 Å². The number of nitrogens with zero attached hydrogens (tertiary/aromatic N) is 1. The molecule has 0 saturated heterocycles. The van der Waals surface area contributed by atoms with Gasteiger partial charge in [0.05, 0.1) is 16.7 Å². The number of rotatable bonds is 6. The van der Waals surface area contributed by atoms with Crippen molar-refractivity contribution in [3.8, 4) is 0 Å². The van der Waals surface area contributed by atoms with Gasteiger partial charge in [-0.2, -0.15) is 0 Å². The minimum Gasteiger partial charge on any atom is -0.297 e. The first-order valence-electron chi connectivity index (χ1n) is 8.12. The summed E-state index contributed by atoms with van der Waals surface area (Å²) in [5.41, 5.74) is 8.66. The molecule has 0 aliphatic heterocycles. The van der Waals surface area contributed by atoms with Crippen molar-refractivity contribution in [3.05, 3.63) is 48.5 Å². The van der Waals surface area contributed by atoms with E-state index in [2.05, 4.69) is 22.8 Å². The molecule has 4 nitrogen and oxygen atoms in total. The third-order valence-corrected chi connectivity index (χ3v) is 3.92. The first-order valence-corrected chi connectivity index (χ1v) is 8.12. The number of unbranched alkanes of at least 4 members (excludes halogenated alkanes) is 2. The molecular weight excluding hydrogens is 286 g/mol. The fourth-order valence-electron chi connectivity index (χ4n) is 2.70. The average molecular weight is 307 g/mol. The zero-order chi connectivity index (χ0) is 16.1. The predicted octanol–water partition coefficient (Wildman–Crippen LogP) is 4.41. The number of para-hydroxylation sites is 2. The molecule has 118 valence electrons. The molecule has 0 aliphatic rings. The first kappa shape index (κ1) is 15.3. The van der Waals surface area contributed by atoms with E-state index < -0.39 is 0 Å². The van der Waals surface area contributed by atoms with Crippen LogP contribution in [0.4, 0.5) is 5.69 Å². The maximum atomic E-state index is 12.0. The molecule has 1 aromatic heterocycles. The second-order valence-corrected chi connectivity index (χ2v) is 5.65. The lowest BCUT2D eigenvalue weighted by Crippen LogP contribution is -2.29. The number of benzene rings is 2. The lowest BCUT2D eigenvalue weighted by Gasteiger charge is -2.14. The molecule has 3 aromatic rings. The van der Waals surface area contributed by atoms with Gasteiger partial charge in [0.2, 0.25) is 5.91 Å². The topological polar surface area (TPSA) is 54.0 Å². The van der Waals surface area contributed by atoms with Crippen LogP contribution in [0, 0.1) is 0 Å². The Morgan fingerprint density at radius 2 is 1.57 bits per heavy atom. The lowest BCUT2D eigenvalue weighted by atomic mass is 10.1. The van der Waals surface area contributed by atoms with Gasteiger partial charge in [-0.15, -0.1) is 0 Å². The summed E-state index contributed by atoms with van der Waals surface area (Å²) in [6.45, 7) is 2.13. The van der Waals surface area contributed by atoms with E-state index in [-0.39, 0.29) is 5.91 Å². The van der Waals surface area contributed by atoms with Crippen molar-refractivity contribution in [2.75, 3.05) is 5.43 Å². The van der Waals surface area contributed by atoms with E-state index in [4.69, 9.17) is 0 Å². The van der Waals surface area contributed by atoms with Crippen molar-refractivity contribution in [1.82, 2.24) is 10.4 Å². The minimum atomic E-state index is 0.0171. The van der Waals surface area contributed by atoms with Crippen LogP contribution in [0.5, 0.6) is 0 Å². The predicted molar refractivity (Wildman–Crippen MR) is 95.2 cm³/mol. The Labute approximate surface area is 135 Å². The van der Waals surface area contributed by atoms with Gasteiger partial charge in [-0.05, 0) is 18.6 Å². The average Bonchev–Trinajstić information content (AvgIpc) is 2.59. The fraction of sp³-hybridized carbons (Fsp3) is 0.263. The smallest absolute Gasteiger partial charge is 0.238 e. The summed E-state index contributed by atoms with van der Waals surface area (Å²) < 4.78 is 0. The number of hydrogen-bond acceptors (Lipinski definition) is 3. The summed E-state index contributed by atoms with van der Waals surface area (Å²) in [5.74, 6) is 0.0171. The van der Waals surface area contributed by atoms with Crippen LogP contribution in [0.15, 0.2) is 48.5 Å². The molecule has 2 aromatic carbocycles. The minimum absolute atomic E-state index is 0.0171. The molecule has 0 radical (unpaired) electrons. The van der Waals surface area contributed by atoms with E-state index in [0.717, 1.165) is 46.8 Å². The third-order valence-electron chi connectivity index (χ3n) is 3.92. The highest BCUT2D eigenvalue weighted by Crippen LogP contribution is 2.29. The number of anilines is 1. The van der Waals surface area contributed by atoms with E-state index in [0.29, 0.717) is 6.42 Å². The number of hydrazine groups is 1. The highest BCUT2D eigenvalue weighted by atomic mass is 16.2. The van der Waals surface area contributed by atoms with Crippen LogP contribution in [0.3, 0.4) is 0 Å². The molecule has 0 aliphatic carbocycles. The number of carbonyl (C=O) groups is 1. The Bertz CT molecular complexity index is 775. The molecule has 0 bridgehead atoms. The van der Waals surface area contributed by atoms with Crippen molar-refractivity contribution in [1.29, 1.82) is 0 Å². The number of nitrogens with one attached hydrogen (secondary N) is 2. The maximum Gasteiger partial charge on any atom is 0.238 e. The number of carbonyl (C=O) groups excluding carboxylic acids is 1. The Morgan fingerprint density at radius 1 is 0.957 bits per heavy atom. The van der Waals surface area contributed by atoms with Crippen molar-refractivity contribution in [2.45, 2.75) is 32.6 Å². The monoisotopic (exact) mass is 307 g/mol. The van der Waals surface area contributed by atoms with Crippen LogP contribution < -0.4 is 10.9 Å². The Hall–Kier alpha value is -2.62. The van der Waals surface area contributed by atoms with E-state index >= 15 is 0 Å². The van der Waals surface area contributed by atoms with Gasteiger partial charge in [-0.25, -0.2) is 4.98 Å². The standard InChI is InChI=1S/C19H21N3O/c1-2-3-4-13-18(23)21-22-19-14-9-5-7-11-16(14)20-17-12-8-6-10-15(17)19/h5-12H,2-4,13H2,1H3,(H,20,22)(H,21,23). The highest BCUT2D eigenvalue weighted by Gasteiger charge is 2.09. The molecule has 0 unspecified atom stereocenters. The van der Waals surface area contributed by atoms with Crippen LogP contribution in [-0.4, -0.2) is 10.9 Å². The number of pyridine rings is 1. The molecule has 1 heterocycles. The van der Waals surface area contributed by atoms with Gasteiger partial charge in [-0.1, -0.05) is 56.2 Å². The highest BCUT2D eigenvalue weighted by molar-refractivity contribution is 6.07. The van der Waals surface area contributed by atoms with E-state index in [1.165, 1.54) is 0 Å². The molecular formula is C19H21N3O. The number of aromatic nitrogens is 1. The molecule has 0 saturated carbocycles. The van der Waals surface area contributed by atoms with Gasteiger partial charge in [0, 0.05) is 17.2 Å². The molecule has 1 amide bonds. The summed E-state index contributed by atoms with van der Waals surface area (Å²) in [5, 5.41) is 2.00. The van der Waals surface area contributed by atoms with Crippen LogP contribution in [0.1, 0.15) is 32.6 Å². The van der Waals surface area contributed by atoms with Crippen molar-refractivity contribution in [3.63, 3.8) is 0 Å². The first-order chi connectivity index (χ1) is 11.3. The van der Waals surface area contributed by atoms with Gasteiger partial charge < -0.3 is 0 Å². The summed E-state index contributed by atoms with van der Waals surface area (Å²) in [4.78, 5) is 16.6. The summed E-state index contributed by atoms with van der Waals surface area (Å²) in [7, 11) is 0. The normalized spacial score (nSPS) is 10.8. The van der Waals surface area contributed by atoms with Crippen molar-refractivity contribution in [2.24, 2.45) is 0 Å². The van der Waals surface area contributed by atoms with Crippen LogP contribution >= 0.6 is 0 Å². The Morgan fingerprint density at radius 3 is 2.17 bits per heavy atom. The quantitative estimate of drug-likeness (QED) is 0.403. The lowest BCUT2D eigenvalue weighted by molar-refractivity contribution is -0.120. The number of hydrogen-bond donors (Lipinski definition) is 2. The van der Waals surface area contributed by atoms with E-state index in [1.54, 1.807) is 0 Å². The number of amides is 1. The zero-order valence-electron chi connectivity index (χ0n) is 13.3. The van der Waals surface area contributed by atoms with Gasteiger partial charge in [-0.3, -0.25) is 15.6 Å². The summed E-state index contributed by atoms with van der Waals surface area (Å²) >= 11 is 0. The van der Waals surface area contributed by atoms with Gasteiger partial charge in [0.15, 0.2) is 0 Å². The van der Waals surface area contributed by atoms with Crippen LogP contribution in [-0.2, 0) is 4.79 Å². The Balaban J connectivity index is 1.89. The van der Waals surface area contributed by atoms with Crippen LogP contribution in [0.25, 0.3) is 21.8 Å². The largest absolute Gasteiger partial charge is 0.297 e. The molecule has 3 rings (SSSR count). The van der Waals surface area contributed by atoms with Crippen LogP contribution in [0.2, 0.25) is 0 Å². The van der Waals surface area contributed by atoms with E-state index in [9.17, 15) is 4.79 Å². The molecule has 4 heteroatoms. The second-order valence-electron chi connectivity index (χ2n) is 5.65. The summed E-state index contributed by atoms with van der Waals surface area (Å²) in [6.07, 6.45) is 3.65. The second kappa shape index (κ2) is 7.09. The molecule has 0 spiro atoms. The fourth-order valence-corrected chi connectivity index (χ4v) is 2.70. The SMILES string of the molecule is CCCCCC(=O)NNc1c2ccccc2nc2ccccc12. The van der Waals surface area contributed by atoms with Crippen molar-refractivity contribution < 1.29 is 4.79 Å². The zero-order valence-corrected chi connectivity index (χ0v) is 13.3. The Kier molecular flexibility index (Phi) is 4.71. The van der Waals surface area contributed by atoms with Gasteiger partial charge in [0.1, 0.15) is 0 Å².